The summed E-state index contributed by atoms with van der Waals surface area (Å²) in [6.45, 7) is 3.47. The number of thioether (sulfide) groups is 1. The summed E-state index contributed by atoms with van der Waals surface area (Å²) in [6.07, 6.45) is 1.21. The maximum atomic E-state index is 13.6. The molecule has 176 valence electrons. The van der Waals surface area contributed by atoms with Crippen molar-refractivity contribution in [3.63, 3.8) is 0 Å². The second-order valence-corrected chi connectivity index (χ2v) is 8.22. The van der Waals surface area contributed by atoms with E-state index in [-0.39, 0.29) is 39.2 Å². The highest BCUT2D eigenvalue weighted by molar-refractivity contribution is 8.18. The van der Waals surface area contributed by atoms with Crippen LogP contribution in [-0.4, -0.2) is 34.5 Å². The Kier molecular flexibility index (Phi) is 8.06. The molecule has 0 spiro atoms. The molecule has 34 heavy (non-hydrogen) atoms. The molecule has 2 amide bonds. The Labute approximate surface area is 210 Å². The van der Waals surface area contributed by atoms with Crippen LogP contribution in [0, 0.1) is 5.82 Å². The first-order chi connectivity index (χ1) is 15.9. The number of nitrogens with zero attached hydrogens (tertiary/aromatic N) is 2. The van der Waals surface area contributed by atoms with Crippen molar-refractivity contribution in [2.75, 3.05) is 11.9 Å². The molecule has 1 unspecified atom stereocenters. The minimum absolute atomic E-state index is 0. The van der Waals surface area contributed by atoms with Crippen LogP contribution in [-0.2, 0) is 19.1 Å². The number of hydrogen-bond donors (Lipinski definition) is 1. The first-order valence-electron chi connectivity index (χ1n) is 10.2. The molecule has 2 heterocycles. The van der Waals surface area contributed by atoms with E-state index in [2.05, 4.69) is 10.3 Å². The summed E-state index contributed by atoms with van der Waals surface area (Å²) in [6, 6.07) is 13.5. The number of fused-ring (bicyclic) bond motifs is 1. The van der Waals surface area contributed by atoms with E-state index in [9.17, 15) is 18.8 Å². The van der Waals surface area contributed by atoms with Crippen LogP contribution in [0.3, 0.4) is 0 Å². The molecule has 4 rings (SSSR count). The molecule has 0 aliphatic carbocycles. The number of amides is 2. The normalized spacial score (nSPS) is 17.2. The van der Waals surface area contributed by atoms with E-state index in [1.165, 1.54) is 35.2 Å². The predicted molar refractivity (Wildman–Crippen MR) is 124 cm³/mol. The number of hydrogen-bond acceptors (Lipinski definition) is 6. The molecule has 2 aromatic carbocycles. The number of esters is 1. The number of aliphatic imine (C=N–C) groups is 1. The molecule has 2 aliphatic heterocycles. The summed E-state index contributed by atoms with van der Waals surface area (Å²) in [5.41, 5.74) is 1.66. The molecule has 0 saturated heterocycles. The van der Waals surface area contributed by atoms with Crippen LogP contribution in [0.1, 0.15) is 25.5 Å². The Morgan fingerprint density at radius 1 is 1.15 bits per heavy atom. The van der Waals surface area contributed by atoms with Gasteiger partial charge in [0.25, 0.3) is 11.8 Å². The fraction of sp³-hybridized carbons (Fsp3) is 0.167. The predicted octanol–water partition coefficient (Wildman–Crippen LogP) is 1.18. The van der Waals surface area contributed by atoms with Gasteiger partial charge in [0, 0.05) is 11.8 Å². The molecule has 0 saturated carbocycles. The molecule has 1 N–H and O–H groups in total. The fourth-order valence-corrected chi connectivity index (χ4v) is 4.53. The Morgan fingerprint density at radius 3 is 2.47 bits per heavy atom. The van der Waals surface area contributed by atoms with Gasteiger partial charge in [-0.05, 0) is 55.4 Å². The lowest BCUT2D eigenvalue weighted by atomic mass is 9.94. The van der Waals surface area contributed by atoms with E-state index in [1.807, 2.05) is 6.07 Å². The van der Waals surface area contributed by atoms with Crippen LogP contribution in [0.5, 0.6) is 0 Å². The van der Waals surface area contributed by atoms with Gasteiger partial charge in [-0.15, -0.1) is 0 Å². The smallest absolute Gasteiger partial charge is 0.338 e. The molecule has 2 aromatic rings. The van der Waals surface area contributed by atoms with Crippen LogP contribution >= 0.6 is 11.8 Å². The number of amidine groups is 1. The van der Waals surface area contributed by atoms with E-state index in [1.54, 1.807) is 38.1 Å². The number of ether oxygens (including phenoxy) is 1. The summed E-state index contributed by atoms with van der Waals surface area (Å²) in [5.74, 6) is -2.02. The summed E-state index contributed by atoms with van der Waals surface area (Å²) >= 11 is 1.02. The van der Waals surface area contributed by atoms with Gasteiger partial charge >= 0.3 is 5.97 Å². The van der Waals surface area contributed by atoms with Crippen LogP contribution in [0.15, 0.2) is 81.8 Å². The maximum absolute atomic E-state index is 13.6. The maximum Gasteiger partial charge on any atom is 0.338 e. The molecule has 0 bridgehead atoms. The van der Waals surface area contributed by atoms with Crippen LogP contribution in [0.4, 0.5) is 10.1 Å². The Morgan fingerprint density at radius 2 is 1.82 bits per heavy atom. The van der Waals surface area contributed by atoms with Crippen molar-refractivity contribution >= 4 is 40.4 Å². The number of para-hydroxylation sites is 1. The van der Waals surface area contributed by atoms with Gasteiger partial charge in [0.2, 0.25) is 0 Å². The third-order valence-corrected chi connectivity index (χ3v) is 6.01. The molecule has 0 fully saturated rings. The van der Waals surface area contributed by atoms with Crippen molar-refractivity contribution in [1.29, 1.82) is 0 Å². The van der Waals surface area contributed by atoms with Gasteiger partial charge in [-0.3, -0.25) is 14.5 Å². The minimum atomic E-state index is -0.868. The molecule has 0 aromatic heterocycles. The topological polar surface area (TPSA) is 88.1 Å². The molecular formula is C24H20BrFN3O4S-. The van der Waals surface area contributed by atoms with Gasteiger partial charge < -0.3 is 27.0 Å². The molecule has 2 aliphatic rings. The Balaban J connectivity index is 0.00000324. The average molecular weight is 545 g/mol. The zero-order chi connectivity index (χ0) is 23.5. The second kappa shape index (κ2) is 10.8. The molecule has 7 nitrogen and oxygen atoms in total. The van der Waals surface area contributed by atoms with E-state index in [0.717, 1.165) is 11.8 Å². The molecule has 1 atom stereocenters. The monoisotopic (exact) mass is 544 g/mol. The first kappa shape index (κ1) is 25.4. The highest BCUT2D eigenvalue weighted by atomic mass is 79.9. The van der Waals surface area contributed by atoms with E-state index in [0.29, 0.717) is 16.9 Å². The minimum Gasteiger partial charge on any atom is -1.00 e. The summed E-state index contributed by atoms with van der Waals surface area (Å²) in [5, 5.41) is 3.00. The highest BCUT2D eigenvalue weighted by Crippen LogP contribution is 2.42. The van der Waals surface area contributed by atoms with Crippen molar-refractivity contribution in [2.24, 2.45) is 4.99 Å². The average Bonchev–Trinajstić information content (AvgIpc) is 2.79. The number of nitrogens with one attached hydrogen (secondary N) is 1. The van der Waals surface area contributed by atoms with Gasteiger partial charge in [-0.25, -0.2) is 14.2 Å². The number of anilines is 1. The Bertz CT molecular complexity index is 1210. The van der Waals surface area contributed by atoms with Gasteiger partial charge in [0.05, 0.1) is 28.8 Å². The third-order valence-electron chi connectivity index (χ3n) is 5.02. The van der Waals surface area contributed by atoms with Gasteiger partial charge in [-0.2, -0.15) is 0 Å². The number of halogens is 2. The zero-order valence-electron chi connectivity index (χ0n) is 18.2. The summed E-state index contributed by atoms with van der Waals surface area (Å²) in [4.78, 5) is 44.7. The number of carbonyl (C=O) groups is 3. The number of rotatable bonds is 5. The fourth-order valence-electron chi connectivity index (χ4n) is 3.55. The first-order valence-corrected chi connectivity index (χ1v) is 11.0. The largest absolute Gasteiger partial charge is 1.00 e. The molecule has 10 heteroatoms. The van der Waals surface area contributed by atoms with Crippen molar-refractivity contribution in [3.05, 3.63) is 88.2 Å². The van der Waals surface area contributed by atoms with Crippen LogP contribution < -0.4 is 22.3 Å². The zero-order valence-corrected chi connectivity index (χ0v) is 20.7. The van der Waals surface area contributed by atoms with Crippen LogP contribution in [0.2, 0.25) is 0 Å². The third kappa shape index (κ3) is 5.13. The lowest BCUT2D eigenvalue weighted by Gasteiger charge is -2.38. The van der Waals surface area contributed by atoms with Crippen LogP contribution in [0.25, 0.3) is 0 Å². The standard InChI is InChI=1S/C24H20FN3O4S.BrH/c1-3-32-23(31)20-14(2)26-24-28(21(20)15-9-11-16(25)12-10-15)19(29)13-18(33-24)22(30)27-17-7-5-4-6-8-17;/h4-13,21H,3H2,1-2H3,(H,27,30);1H/p-1. The van der Waals surface area contributed by atoms with Gasteiger partial charge in [0.1, 0.15) is 5.82 Å². The van der Waals surface area contributed by atoms with Crippen molar-refractivity contribution in [3.8, 4) is 0 Å². The van der Waals surface area contributed by atoms with E-state index in [4.69, 9.17) is 4.74 Å². The highest BCUT2D eigenvalue weighted by Gasteiger charge is 2.42. The van der Waals surface area contributed by atoms with Crippen molar-refractivity contribution in [2.45, 2.75) is 19.9 Å². The summed E-state index contributed by atoms with van der Waals surface area (Å²) < 4.78 is 18.8. The van der Waals surface area contributed by atoms with Crippen molar-refractivity contribution < 1.29 is 40.5 Å². The van der Waals surface area contributed by atoms with E-state index < -0.39 is 29.6 Å². The Hall–Kier alpha value is -3.24. The molecular weight excluding hydrogens is 525 g/mol. The SMILES string of the molecule is CCOC(=O)C1=C(C)N=C2SC(C(=O)Nc3ccccc3)=CC(=O)N2C1c1ccc(F)cc1.[Br-]. The summed E-state index contributed by atoms with van der Waals surface area (Å²) in [7, 11) is 0. The van der Waals surface area contributed by atoms with Gasteiger partial charge in [-0.1, -0.05) is 30.3 Å². The number of carbonyl (C=O) groups excluding carboxylic acids is 3. The quantitative estimate of drug-likeness (QED) is 0.571. The number of allylic oxidation sites excluding steroid dienone is 1. The lowest BCUT2D eigenvalue weighted by molar-refractivity contribution is -0.139. The van der Waals surface area contributed by atoms with E-state index >= 15 is 0 Å². The number of benzene rings is 2. The van der Waals surface area contributed by atoms with Crippen molar-refractivity contribution in [1.82, 2.24) is 4.90 Å². The second-order valence-electron chi connectivity index (χ2n) is 7.21. The lowest BCUT2D eigenvalue weighted by Crippen LogP contribution is -3.00. The molecule has 0 radical (unpaired) electrons. The van der Waals surface area contributed by atoms with Gasteiger partial charge in [0.15, 0.2) is 5.17 Å².